The van der Waals surface area contributed by atoms with E-state index in [1.165, 1.54) is 7.11 Å². The topological polar surface area (TPSA) is 35.7 Å². The molecule has 0 amide bonds. The highest BCUT2D eigenvalue weighted by Gasteiger charge is 2.30. The van der Waals surface area contributed by atoms with Crippen LogP contribution in [0.25, 0.3) is 0 Å². The molecule has 0 fully saturated rings. The third-order valence-corrected chi connectivity index (χ3v) is 1.16. The van der Waals surface area contributed by atoms with Crippen molar-refractivity contribution in [2.75, 3.05) is 7.11 Å². The van der Waals surface area contributed by atoms with Crippen LogP contribution < -0.4 is 5.43 Å². The number of methoxy groups -OCH3 is 1. The van der Waals surface area contributed by atoms with Crippen LogP contribution in [0.3, 0.4) is 0 Å². The largest absolute Gasteiger partial charge is 0.480 e. The van der Waals surface area contributed by atoms with Crippen LogP contribution >= 0.6 is 0 Å². The molecule has 67 valence electrons. The van der Waals surface area contributed by atoms with E-state index in [0.717, 1.165) is 6.08 Å². The van der Waals surface area contributed by atoms with Gasteiger partial charge in [-0.2, -0.15) is 18.3 Å². The molecule has 1 heterocycles. The summed E-state index contributed by atoms with van der Waals surface area (Å²) in [6, 6.07) is 0. The van der Waals surface area contributed by atoms with Crippen LogP contribution in [0.4, 0.5) is 13.2 Å². The highest BCUT2D eigenvalue weighted by molar-refractivity contribution is 5.96. The van der Waals surface area contributed by atoms with Crippen LogP contribution in [0.15, 0.2) is 17.1 Å². The van der Waals surface area contributed by atoms with Gasteiger partial charge in [-0.05, 0) is 0 Å². The standard InChI is InChI=1S/C6H6F3N2O/c1-12-5-2-4(10-11-5)3-6(7,8)9/h2H,3H2,1H3. The molecule has 0 bridgehead atoms. The number of rotatable bonds is 2. The van der Waals surface area contributed by atoms with Gasteiger partial charge in [0, 0.05) is 6.08 Å². The minimum Gasteiger partial charge on any atom is -0.480 e. The quantitative estimate of drug-likeness (QED) is 0.631. The number of allylic oxidation sites excluding steroid dienone is 1. The number of hydrogen-bond acceptors (Lipinski definition) is 2. The van der Waals surface area contributed by atoms with Crippen LogP contribution in [0.2, 0.25) is 0 Å². The molecule has 0 aliphatic carbocycles. The van der Waals surface area contributed by atoms with Crippen molar-refractivity contribution in [2.24, 2.45) is 5.10 Å². The summed E-state index contributed by atoms with van der Waals surface area (Å²) in [5.41, 5.74) is 3.22. The summed E-state index contributed by atoms with van der Waals surface area (Å²) in [6.45, 7) is 0. The second kappa shape index (κ2) is 3.04. The monoisotopic (exact) mass is 179 g/mol. The van der Waals surface area contributed by atoms with E-state index in [1.807, 2.05) is 0 Å². The molecule has 0 N–H and O–H groups in total. The van der Waals surface area contributed by atoms with Gasteiger partial charge in [-0.15, -0.1) is 5.43 Å². The van der Waals surface area contributed by atoms with Crippen molar-refractivity contribution < 1.29 is 17.9 Å². The van der Waals surface area contributed by atoms with E-state index in [2.05, 4.69) is 15.3 Å². The molecule has 12 heavy (non-hydrogen) atoms. The molecule has 0 spiro atoms. The number of alkyl halides is 3. The molecule has 6 heteroatoms. The Hall–Kier alpha value is -1.20. The first-order valence-electron chi connectivity index (χ1n) is 3.11. The van der Waals surface area contributed by atoms with Crippen molar-refractivity contribution in [2.45, 2.75) is 12.6 Å². The summed E-state index contributed by atoms with van der Waals surface area (Å²) in [5, 5.41) is 3.28. The van der Waals surface area contributed by atoms with E-state index in [-0.39, 0.29) is 11.6 Å². The van der Waals surface area contributed by atoms with E-state index >= 15 is 0 Å². The van der Waals surface area contributed by atoms with Crippen molar-refractivity contribution in [3.63, 3.8) is 0 Å². The minimum atomic E-state index is -4.24. The Morgan fingerprint density at radius 1 is 1.50 bits per heavy atom. The van der Waals surface area contributed by atoms with Crippen LogP contribution in [0.1, 0.15) is 6.42 Å². The molecule has 1 radical (unpaired) electrons. The number of hydrogen-bond donors (Lipinski definition) is 0. The minimum absolute atomic E-state index is 0.106. The molecule has 0 aromatic carbocycles. The van der Waals surface area contributed by atoms with Gasteiger partial charge in [0.1, 0.15) is 0 Å². The van der Waals surface area contributed by atoms with E-state index in [1.54, 1.807) is 0 Å². The lowest BCUT2D eigenvalue weighted by molar-refractivity contribution is -0.121. The Bertz CT molecular complexity index is 231. The first-order chi connectivity index (χ1) is 5.51. The van der Waals surface area contributed by atoms with Crippen LogP contribution in [0.5, 0.6) is 0 Å². The lowest BCUT2D eigenvalue weighted by Crippen LogP contribution is -2.12. The van der Waals surface area contributed by atoms with Gasteiger partial charge in [0.15, 0.2) is 0 Å². The molecule has 3 nitrogen and oxygen atoms in total. The Labute approximate surface area is 66.9 Å². The second-order valence-corrected chi connectivity index (χ2v) is 2.17. The Morgan fingerprint density at radius 2 is 2.17 bits per heavy atom. The average Bonchev–Trinajstić information content (AvgIpc) is 2.32. The van der Waals surface area contributed by atoms with E-state index < -0.39 is 12.6 Å². The highest BCUT2D eigenvalue weighted by Crippen LogP contribution is 2.22. The lowest BCUT2D eigenvalue weighted by atomic mass is 10.2. The molecule has 0 aromatic rings. The van der Waals surface area contributed by atoms with Gasteiger partial charge in [0.05, 0.1) is 19.2 Å². The van der Waals surface area contributed by atoms with Crippen molar-refractivity contribution in [1.29, 1.82) is 0 Å². The number of nitrogens with zero attached hydrogens (tertiary/aromatic N) is 2. The zero-order valence-corrected chi connectivity index (χ0v) is 6.22. The summed E-state index contributed by atoms with van der Waals surface area (Å²) in [5.74, 6) is 0.106. The normalized spacial score (nSPS) is 16.7. The summed E-state index contributed by atoms with van der Waals surface area (Å²) in [7, 11) is 1.32. The van der Waals surface area contributed by atoms with E-state index in [9.17, 15) is 13.2 Å². The zero-order chi connectivity index (χ0) is 9.19. The van der Waals surface area contributed by atoms with Gasteiger partial charge in [0.25, 0.3) is 0 Å². The van der Waals surface area contributed by atoms with Crippen molar-refractivity contribution in [3.05, 3.63) is 12.0 Å². The third kappa shape index (κ3) is 2.44. The van der Waals surface area contributed by atoms with Gasteiger partial charge < -0.3 is 4.74 Å². The SMILES string of the molecule is COC1=CC(CC(F)(F)F)=N[N]1. The summed E-state index contributed by atoms with van der Waals surface area (Å²) < 4.78 is 39.8. The molecule has 1 aliphatic rings. The molecule has 0 aromatic heterocycles. The zero-order valence-electron chi connectivity index (χ0n) is 6.22. The Morgan fingerprint density at radius 3 is 2.58 bits per heavy atom. The first-order valence-corrected chi connectivity index (χ1v) is 3.11. The fourth-order valence-electron chi connectivity index (χ4n) is 0.705. The second-order valence-electron chi connectivity index (χ2n) is 2.17. The maximum absolute atomic E-state index is 11.7. The number of halogens is 3. The molecule has 0 unspecified atom stereocenters. The van der Waals surface area contributed by atoms with Crippen LogP contribution in [-0.2, 0) is 4.74 Å². The van der Waals surface area contributed by atoms with Crippen LogP contribution in [0, 0.1) is 0 Å². The first kappa shape index (κ1) is 8.89. The Balaban J connectivity index is 2.52. The van der Waals surface area contributed by atoms with Crippen LogP contribution in [-0.4, -0.2) is 19.0 Å². The molecule has 1 rings (SSSR count). The smallest absolute Gasteiger partial charge is 0.394 e. The summed E-state index contributed by atoms with van der Waals surface area (Å²) >= 11 is 0. The predicted octanol–water partition coefficient (Wildman–Crippen LogP) is 1.40. The molecular formula is C6H6F3N2O. The fraction of sp³-hybridized carbons (Fsp3) is 0.500. The van der Waals surface area contributed by atoms with Gasteiger partial charge in [-0.1, -0.05) is 0 Å². The maximum Gasteiger partial charge on any atom is 0.394 e. The average molecular weight is 179 g/mol. The van der Waals surface area contributed by atoms with Gasteiger partial charge >= 0.3 is 6.18 Å². The van der Waals surface area contributed by atoms with Crippen molar-refractivity contribution in [3.8, 4) is 0 Å². The van der Waals surface area contributed by atoms with Gasteiger partial charge in [0.2, 0.25) is 5.88 Å². The number of ether oxygens (including phenoxy) is 1. The third-order valence-electron chi connectivity index (χ3n) is 1.16. The Kier molecular flexibility index (Phi) is 2.25. The highest BCUT2D eigenvalue weighted by atomic mass is 19.4. The predicted molar refractivity (Wildman–Crippen MR) is 35.3 cm³/mol. The van der Waals surface area contributed by atoms with Gasteiger partial charge in [-0.25, -0.2) is 0 Å². The molecule has 1 aliphatic heterocycles. The summed E-state index contributed by atoms with van der Waals surface area (Å²) in [6.07, 6.45) is -4.15. The van der Waals surface area contributed by atoms with E-state index in [0.29, 0.717) is 0 Å². The fourth-order valence-corrected chi connectivity index (χ4v) is 0.705. The molecular weight excluding hydrogens is 173 g/mol. The van der Waals surface area contributed by atoms with Crippen molar-refractivity contribution >= 4 is 5.71 Å². The molecule has 0 atom stereocenters. The molecule has 0 saturated carbocycles. The van der Waals surface area contributed by atoms with Crippen molar-refractivity contribution in [1.82, 2.24) is 5.43 Å². The van der Waals surface area contributed by atoms with Gasteiger partial charge in [-0.3, -0.25) is 0 Å². The maximum atomic E-state index is 11.7. The lowest BCUT2D eigenvalue weighted by Gasteiger charge is -2.01. The summed E-state index contributed by atoms with van der Waals surface area (Å²) in [4.78, 5) is 0. The van der Waals surface area contributed by atoms with E-state index in [4.69, 9.17) is 0 Å². The molecule has 0 saturated heterocycles.